The quantitative estimate of drug-likeness (QED) is 0.865. The molecule has 1 aliphatic heterocycles. The Hall–Kier alpha value is -2.17. The molecule has 0 radical (unpaired) electrons. The number of hydrogen-bond acceptors (Lipinski definition) is 4. The maximum atomic E-state index is 12.3. The largest absolute Gasteiger partial charge is 0.337 e. The highest BCUT2D eigenvalue weighted by atomic mass is 16.5. The van der Waals surface area contributed by atoms with Gasteiger partial charge < -0.3 is 9.42 Å². The number of likely N-dealkylation sites (tertiary alicyclic amines) is 1. The molecule has 2 heterocycles. The smallest absolute Gasteiger partial charge is 0.249 e. The van der Waals surface area contributed by atoms with Crippen molar-refractivity contribution in [3.63, 3.8) is 0 Å². The van der Waals surface area contributed by atoms with Crippen molar-refractivity contribution in [2.24, 2.45) is 0 Å². The van der Waals surface area contributed by atoms with Gasteiger partial charge in [0, 0.05) is 18.5 Å². The first-order valence-corrected chi connectivity index (χ1v) is 7.98. The normalized spacial score (nSPS) is 18.4. The van der Waals surface area contributed by atoms with Crippen molar-refractivity contribution in [3.8, 4) is 11.4 Å². The lowest BCUT2D eigenvalue weighted by atomic mass is 10.0. The van der Waals surface area contributed by atoms with Crippen molar-refractivity contribution in [2.45, 2.75) is 45.1 Å². The molecule has 3 rings (SSSR count). The minimum atomic E-state index is -0.0715. The Kier molecular flexibility index (Phi) is 4.51. The Morgan fingerprint density at radius 2 is 2.14 bits per heavy atom. The molecule has 1 aliphatic rings. The van der Waals surface area contributed by atoms with Crippen molar-refractivity contribution < 1.29 is 9.32 Å². The van der Waals surface area contributed by atoms with Gasteiger partial charge in [0.15, 0.2) is 0 Å². The first-order chi connectivity index (χ1) is 10.8. The van der Waals surface area contributed by atoms with Gasteiger partial charge in [-0.25, -0.2) is 0 Å². The summed E-state index contributed by atoms with van der Waals surface area (Å²) in [5, 5.41) is 4.08. The van der Waals surface area contributed by atoms with Crippen LogP contribution in [0.2, 0.25) is 0 Å². The Morgan fingerprint density at radius 1 is 1.32 bits per heavy atom. The number of piperidine rings is 1. The molecule has 5 nitrogen and oxygen atoms in total. The highest BCUT2D eigenvalue weighted by Gasteiger charge is 2.31. The number of carbonyl (C=O) groups excluding carboxylic acids is 1. The number of benzene rings is 1. The number of nitrogens with zero attached hydrogens (tertiary/aromatic N) is 3. The van der Waals surface area contributed by atoms with Crippen molar-refractivity contribution >= 4 is 5.91 Å². The maximum Gasteiger partial charge on any atom is 0.249 e. The summed E-state index contributed by atoms with van der Waals surface area (Å²) < 4.78 is 5.46. The van der Waals surface area contributed by atoms with E-state index in [1.807, 2.05) is 42.2 Å². The van der Waals surface area contributed by atoms with Crippen LogP contribution in [0, 0.1) is 0 Å². The minimum absolute atomic E-state index is 0.0715. The lowest BCUT2D eigenvalue weighted by Gasteiger charge is -2.33. The summed E-state index contributed by atoms with van der Waals surface area (Å²) in [5.74, 6) is 1.33. The summed E-state index contributed by atoms with van der Waals surface area (Å²) in [4.78, 5) is 18.7. The van der Waals surface area contributed by atoms with Gasteiger partial charge in [0.25, 0.3) is 0 Å². The lowest BCUT2D eigenvalue weighted by molar-refractivity contribution is -0.135. The van der Waals surface area contributed by atoms with Crippen LogP contribution in [-0.2, 0) is 4.79 Å². The average Bonchev–Trinajstić information content (AvgIpc) is 3.06. The molecule has 0 aliphatic carbocycles. The predicted octanol–water partition coefficient (Wildman–Crippen LogP) is 3.59. The molecule has 1 saturated heterocycles. The first-order valence-electron chi connectivity index (χ1n) is 7.98. The fourth-order valence-corrected chi connectivity index (χ4v) is 2.92. The lowest BCUT2D eigenvalue weighted by Crippen LogP contribution is -2.38. The molecule has 1 aromatic carbocycles. The average molecular weight is 299 g/mol. The zero-order chi connectivity index (χ0) is 15.4. The van der Waals surface area contributed by atoms with Crippen LogP contribution in [0.25, 0.3) is 11.4 Å². The van der Waals surface area contributed by atoms with E-state index < -0.39 is 0 Å². The third-order valence-electron chi connectivity index (χ3n) is 4.05. The molecule has 0 N–H and O–H groups in total. The van der Waals surface area contributed by atoms with Gasteiger partial charge in [-0.3, -0.25) is 4.79 Å². The molecule has 1 unspecified atom stereocenters. The van der Waals surface area contributed by atoms with Crippen LogP contribution >= 0.6 is 0 Å². The fourth-order valence-electron chi connectivity index (χ4n) is 2.92. The van der Waals surface area contributed by atoms with E-state index in [0.717, 1.165) is 37.8 Å². The van der Waals surface area contributed by atoms with Gasteiger partial charge >= 0.3 is 0 Å². The second kappa shape index (κ2) is 6.73. The van der Waals surface area contributed by atoms with Gasteiger partial charge in [-0.2, -0.15) is 4.98 Å². The number of aromatic nitrogens is 2. The highest BCUT2D eigenvalue weighted by molar-refractivity contribution is 5.76. The predicted molar refractivity (Wildman–Crippen MR) is 82.9 cm³/mol. The van der Waals surface area contributed by atoms with Crippen LogP contribution in [0.4, 0.5) is 0 Å². The molecule has 1 fully saturated rings. The SMILES string of the molecule is CCCC(=O)N1CCCCC1c1nc(-c2ccccc2)no1. The second-order valence-corrected chi connectivity index (χ2v) is 5.67. The van der Waals surface area contributed by atoms with E-state index in [1.165, 1.54) is 0 Å². The molecule has 1 atom stereocenters. The van der Waals surface area contributed by atoms with E-state index in [4.69, 9.17) is 4.52 Å². The van der Waals surface area contributed by atoms with Gasteiger partial charge in [-0.1, -0.05) is 42.4 Å². The molecule has 22 heavy (non-hydrogen) atoms. The maximum absolute atomic E-state index is 12.3. The topological polar surface area (TPSA) is 59.2 Å². The summed E-state index contributed by atoms with van der Waals surface area (Å²) in [6, 6.07) is 9.69. The summed E-state index contributed by atoms with van der Waals surface area (Å²) >= 11 is 0. The third-order valence-corrected chi connectivity index (χ3v) is 4.05. The zero-order valence-electron chi connectivity index (χ0n) is 12.9. The summed E-state index contributed by atoms with van der Waals surface area (Å²) in [6.45, 7) is 2.81. The number of rotatable bonds is 4. The van der Waals surface area contributed by atoms with Crippen LogP contribution in [0.1, 0.15) is 51.0 Å². The van der Waals surface area contributed by atoms with E-state index in [9.17, 15) is 4.79 Å². The van der Waals surface area contributed by atoms with Crippen LogP contribution in [0.15, 0.2) is 34.9 Å². The summed E-state index contributed by atoms with van der Waals surface area (Å²) in [6.07, 6.45) is 4.47. The van der Waals surface area contributed by atoms with Crippen LogP contribution in [0.3, 0.4) is 0 Å². The van der Waals surface area contributed by atoms with E-state index in [1.54, 1.807) is 0 Å². The zero-order valence-corrected chi connectivity index (χ0v) is 12.9. The standard InChI is InChI=1S/C17H21N3O2/c1-2-8-15(21)20-12-7-6-11-14(20)17-18-16(19-22-17)13-9-4-3-5-10-13/h3-5,9-10,14H,2,6-8,11-12H2,1H3. The highest BCUT2D eigenvalue weighted by Crippen LogP contribution is 2.31. The van der Waals surface area contributed by atoms with E-state index in [-0.39, 0.29) is 11.9 Å². The third kappa shape index (κ3) is 3.03. The monoisotopic (exact) mass is 299 g/mol. The van der Waals surface area contributed by atoms with E-state index in [2.05, 4.69) is 10.1 Å². The molecule has 1 amide bonds. The number of amides is 1. The molecule has 5 heteroatoms. The summed E-state index contributed by atoms with van der Waals surface area (Å²) in [7, 11) is 0. The fraction of sp³-hybridized carbons (Fsp3) is 0.471. The van der Waals surface area contributed by atoms with Gasteiger partial charge in [0.1, 0.15) is 6.04 Å². The Balaban J connectivity index is 1.82. The van der Waals surface area contributed by atoms with Crippen LogP contribution in [0.5, 0.6) is 0 Å². The Morgan fingerprint density at radius 3 is 2.91 bits per heavy atom. The molecule has 1 aromatic heterocycles. The van der Waals surface area contributed by atoms with Crippen molar-refractivity contribution in [1.29, 1.82) is 0 Å². The first kappa shape index (κ1) is 14.8. The van der Waals surface area contributed by atoms with Crippen LogP contribution < -0.4 is 0 Å². The Bertz CT molecular complexity index is 624. The van der Waals surface area contributed by atoms with E-state index in [0.29, 0.717) is 18.1 Å². The molecular weight excluding hydrogens is 278 g/mol. The molecule has 0 bridgehead atoms. The number of hydrogen-bond donors (Lipinski definition) is 0. The van der Waals surface area contributed by atoms with Crippen molar-refractivity contribution in [3.05, 3.63) is 36.2 Å². The van der Waals surface area contributed by atoms with Crippen LogP contribution in [-0.4, -0.2) is 27.5 Å². The van der Waals surface area contributed by atoms with Gasteiger partial charge in [-0.05, 0) is 25.7 Å². The molecular formula is C17H21N3O2. The Labute approximate surface area is 130 Å². The summed E-state index contributed by atoms with van der Waals surface area (Å²) in [5.41, 5.74) is 0.930. The molecule has 116 valence electrons. The van der Waals surface area contributed by atoms with Crippen molar-refractivity contribution in [2.75, 3.05) is 6.54 Å². The van der Waals surface area contributed by atoms with Gasteiger partial charge in [0.2, 0.25) is 17.6 Å². The second-order valence-electron chi connectivity index (χ2n) is 5.67. The molecule has 0 spiro atoms. The molecule has 0 saturated carbocycles. The van der Waals surface area contributed by atoms with E-state index >= 15 is 0 Å². The molecule has 2 aromatic rings. The van der Waals surface area contributed by atoms with Crippen molar-refractivity contribution in [1.82, 2.24) is 15.0 Å². The van der Waals surface area contributed by atoms with Gasteiger partial charge in [-0.15, -0.1) is 0 Å². The minimum Gasteiger partial charge on any atom is -0.337 e. The van der Waals surface area contributed by atoms with Gasteiger partial charge in [0.05, 0.1) is 0 Å². The number of carbonyl (C=O) groups is 1.